The predicted octanol–water partition coefficient (Wildman–Crippen LogP) is 4.36. The molecule has 5 nitrogen and oxygen atoms in total. The fourth-order valence-electron chi connectivity index (χ4n) is 3.95. The number of benzene rings is 1. The number of aliphatic imine (C=N–C) groups is 1. The van der Waals surface area contributed by atoms with Gasteiger partial charge in [-0.1, -0.05) is 6.07 Å². The molecule has 31 heavy (non-hydrogen) atoms. The monoisotopic (exact) mass is 445 g/mol. The zero-order chi connectivity index (χ0) is 22.3. The van der Waals surface area contributed by atoms with Crippen LogP contribution in [0.15, 0.2) is 23.2 Å². The first-order valence-corrected chi connectivity index (χ1v) is 11.0. The molecule has 2 heterocycles. The first-order chi connectivity index (χ1) is 14.9. The van der Waals surface area contributed by atoms with Gasteiger partial charge in [-0.05, 0) is 56.7 Å². The first kappa shape index (κ1) is 23.8. The topological polar surface area (TPSA) is 46.1 Å². The predicted molar refractivity (Wildman–Crippen MR) is 110 cm³/mol. The van der Waals surface area contributed by atoms with Crippen molar-refractivity contribution in [3.8, 4) is 0 Å². The van der Waals surface area contributed by atoms with Gasteiger partial charge in [-0.15, -0.1) is 0 Å². The van der Waals surface area contributed by atoms with Crippen molar-refractivity contribution in [1.29, 1.82) is 0 Å². The average Bonchev–Trinajstić information content (AvgIpc) is 2.76. The lowest BCUT2D eigenvalue weighted by atomic mass is 10.1. The maximum Gasteiger partial charge on any atom is 0.416 e. The summed E-state index contributed by atoms with van der Waals surface area (Å²) >= 11 is 0. The molecule has 174 valence electrons. The molecule has 2 aliphatic heterocycles. The van der Waals surface area contributed by atoms with E-state index in [1.54, 1.807) is 0 Å². The van der Waals surface area contributed by atoms with Gasteiger partial charge in [0.1, 0.15) is 5.82 Å². The lowest BCUT2D eigenvalue weighted by Gasteiger charge is -2.35. The Morgan fingerprint density at radius 3 is 2.65 bits per heavy atom. The van der Waals surface area contributed by atoms with E-state index in [2.05, 4.69) is 10.3 Å². The third-order valence-electron chi connectivity index (χ3n) is 5.64. The van der Waals surface area contributed by atoms with Gasteiger partial charge < -0.3 is 19.7 Å². The van der Waals surface area contributed by atoms with E-state index >= 15 is 0 Å². The number of piperidine rings is 1. The Kier molecular flexibility index (Phi) is 8.54. The Balaban J connectivity index is 1.57. The number of hydrogen-bond acceptors (Lipinski definition) is 3. The fraction of sp³-hybridized carbons (Fsp3) is 0.682. The van der Waals surface area contributed by atoms with Crippen molar-refractivity contribution >= 4 is 5.96 Å². The zero-order valence-corrected chi connectivity index (χ0v) is 17.9. The van der Waals surface area contributed by atoms with E-state index in [1.165, 1.54) is 6.42 Å². The summed E-state index contributed by atoms with van der Waals surface area (Å²) in [5.41, 5.74) is -1.03. The summed E-state index contributed by atoms with van der Waals surface area (Å²) in [5, 5.41) is 3.15. The highest BCUT2D eigenvalue weighted by atomic mass is 19.4. The molecule has 1 aromatic carbocycles. The summed E-state index contributed by atoms with van der Waals surface area (Å²) in [4.78, 5) is 6.44. The number of likely N-dealkylation sites (tertiary alicyclic amines) is 1. The Labute approximate surface area is 180 Å². The highest BCUT2D eigenvalue weighted by Crippen LogP contribution is 2.33. The van der Waals surface area contributed by atoms with Crippen molar-refractivity contribution < 1.29 is 27.0 Å². The highest BCUT2D eigenvalue weighted by Gasteiger charge is 2.33. The second-order valence-electron chi connectivity index (χ2n) is 7.98. The van der Waals surface area contributed by atoms with Crippen molar-refractivity contribution in [2.24, 2.45) is 4.99 Å². The van der Waals surface area contributed by atoms with Gasteiger partial charge in [0.15, 0.2) is 5.96 Å². The summed E-state index contributed by atoms with van der Waals surface area (Å²) < 4.78 is 64.8. The van der Waals surface area contributed by atoms with Crippen LogP contribution >= 0.6 is 0 Å². The van der Waals surface area contributed by atoms with E-state index in [0.29, 0.717) is 38.3 Å². The molecule has 0 amide bonds. The van der Waals surface area contributed by atoms with Crippen LogP contribution in [0.1, 0.15) is 50.2 Å². The van der Waals surface area contributed by atoms with Gasteiger partial charge in [0.25, 0.3) is 0 Å². The highest BCUT2D eigenvalue weighted by molar-refractivity contribution is 5.80. The van der Waals surface area contributed by atoms with Gasteiger partial charge in [-0.2, -0.15) is 13.2 Å². The number of hydrogen-bond donors (Lipinski definition) is 1. The van der Waals surface area contributed by atoms with Crippen LogP contribution in [0.5, 0.6) is 0 Å². The minimum absolute atomic E-state index is 0.0463. The maximum absolute atomic E-state index is 13.3. The molecule has 0 spiro atoms. The number of alkyl halides is 3. The molecule has 2 aliphatic rings. The Morgan fingerprint density at radius 1 is 1.23 bits per heavy atom. The van der Waals surface area contributed by atoms with Gasteiger partial charge in [-0.25, -0.2) is 9.38 Å². The van der Waals surface area contributed by atoms with E-state index in [1.807, 2.05) is 11.8 Å². The molecule has 1 unspecified atom stereocenters. The minimum atomic E-state index is -4.62. The molecule has 0 bridgehead atoms. The zero-order valence-electron chi connectivity index (χ0n) is 17.9. The maximum atomic E-state index is 13.3. The number of nitrogens with one attached hydrogen (secondary N) is 1. The van der Waals surface area contributed by atoms with Gasteiger partial charge in [0.05, 0.1) is 30.9 Å². The number of guanidine groups is 1. The van der Waals surface area contributed by atoms with Crippen molar-refractivity contribution in [2.75, 3.05) is 32.8 Å². The Hall–Kier alpha value is -1.87. The van der Waals surface area contributed by atoms with E-state index in [-0.39, 0.29) is 24.3 Å². The molecule has 0 aliphatic carbocycles. The third kappa shape index (κ3) is 7.07. The van der Waals surface area contributed by atoms with Crippen LogP contribution in [-0.2, 0) is 22.2 Å². The van der Waals surface area contributed by atoms with Crippen molar-refractivity contribution in [3.05, 3.63) is 35.1 Å². The smallest absolute Gasteiger partial charge is 0.376 e. The number of halogens is 4. The summed E-state index contributed by atoms with van der Waals surface area (Å²) in [6.07, 6.45) is 0.691. The molecule has 1 aromatic rings. The Morgan fingerprint density at radius 2 is 2.00 bits per heavy atom. The van der Waals surface area contributed by atoms with Crippen molar-refractivity contribution in [3.63, 3.8) is 0 Å². The van der Waals surface area contributed by atoms with Gasteiger partial charge in [0.2, 0.25) is 0 Å². The molecule has 2 fully saturated rings. The SMILES string of the molecule is CCNC(=NCc1ccc(F)cc1C(F)(F)F)N1CCC(OCC2CCCCO2)CC1. The van der Waals surface area contributed by atoms with Crippen molar-refractivity contribution in [1.82, 2.24) is 10.2 Å². The van der Waals surface area contributed by atoms with Crippen molar-refractivity contribution in [2.45, 2.75) is 64.0 Å². The van der Waals surface area contributed by atoms with E-state index in [4.69, 9.17) is 9.47 Å². The van der Waals surface area contributed by atoms with Gasteiger partial charge in [-0.3, -0.25) is 0 Å². The van der Waals surface area contributed by atoms with Crippen LogP contribution in [0.4, 0.5) is 17.6 Å². The molecule has 1 atom stereocenters. The number of ether oxygens (including phenoxy) is 2. The summed E-state index contributed by atoms with van der Waals surface area (Å²) in [6, 6.07) is 2.71. The van der Waals surface area contributed by atoms with E-state index < -0.39 is 17.6 Å². The van der Waals surface area contributed by atoms with Crippen LogP contribution in [0, 0.1) is 5.82 Å². The quantitative estimate of drug-likeness (QED) is 0.402. The standard InChI is InChI=1S/C22H31F4N3O2/c1-2-27-21(28-14-16-6-7-17(23)13-20(16)22(24,25)26)29-10-8-18(9-11-29)31-15-19-5-3-4-12-30-19/h6-7,13,18-19H,2-5,8-12,14-15H2,1H3,(H,27,28). The first-order valence-electron chi connectivity index (χ1n) is 11.0. The lowest BCUT2D eigenvalue weighted by Crippen LogP contribution is -2.47. The third-order valence-corrected chi connectivity index (χ3v) is 5.64. The molecular weight excluding hydrogens is 414 g/mol. The van der Waals surface area contributed by atoms with Gasteiger partial charge >= 0.3 is 6.18 Å². The van der Waals surface area contributed by atoms with Crippen LogP contribution < -0.4 is 5.32 Å². The summed E-state index contributed by atoms with van der Waals surface area (Å²) in [7, 11) is 0. The average molecular weight is 446 g/mol. The minimum Gasteiger partial charge on any atom is -0.376 e. The lowest BCUT2D eigenvalue weighted by molar-refractivity contribution is -0.138. The molecular formula is C22H31F4N3O2. The molecule has 2 saturated heterocycles. The van der Waals surface area contributed by atoms with Crippen LogP contribution in [-0.4, -0.2) is 55.9 Å². The molecule has 0 radical (unpaired) electrons. The number of nitrogens with zero attached hydrogens (tertiary/aromatic N) is 2. The summed E-state index contributed by atoms with van der Waals surface area (Å²) in [5.74, 6) is -0.346. The molecule has 1 N–H and O–H groups in total. The summed E-state index contributed by atoms with van der Waals surface area (Å²) in [6.45, 7) is 5.17. The Bertz CT molecular complexity index is 728. The van der Waals surface area contributed by atoms with Gasteiger partial charge in [0, 0.05) is 26.2 Å². The number of rotatable bonds is 6. The van der Waals surface area contributed by atoms with Crippen LogP contribution in [0.3, 0.4) is 0 Å². The second kappa shape index (κ2) is 11.1. The van der Waals surface area contributed by atoms with Crippen LogP contribution in [0.2, 0.25) is 0 Å². The molecule has 0 saturated carbocycles. The van der Waals surface area contributed by atoms with E-state index in [9.17, 15) is 17.6 Å². The fourth-order valence-corrected chi connectivity index (χ4v) is 3.95. The van der Waals surface area contributed by atoms with Crippen LogP contribution in [0.25, 0.3) is 0 Å². The largest absolute Gasteiger partial charge is 0.416 e. The van der Waals surface area contributed by atoms with E-state index in [0.717, 1.165) is 44.4 Å². The molecule has 9 heteroatoms. The second-order valence-corrected chi connectivity index (χ2v) is 7.98. The molecule has 3 rings (SSSR count). The molecule has 0 aromatic heterocycles. The normalized spacial score (nSPS) is 21.4.